The van der Waals surface area contributed by atoms with Crippen LogP contribution in [0.2, 0.25) is 0 Å². The average molecular weight is 297 g/mol. The number of quaternary nitrogens is 1. The van der Waals surface area contributed by atoms with Crippen molar-refractivity contribution in [1.29, 1.82) is 0 Å². The number of hydrogen-bond donors (Lipinski definition) is 1. The van der Waals surface area contributed by atoms with E-state index in [4.69, 9.17) is 0 Å². The molecule has 2 N–H and O–H groups in total. The van der Waals surface area contributed by atoms with Crippen molar-refractivity contribution in [1.82, 2.24) is 4.57 Å². The molecule has 1 aromatic heterocycles. The van der Waals surface area contributed by atoms with Gasteiger partial charge in [-0.3, -0.25) is 0 Å². The normalized spacial score (nSPS) is 16.1. The monoisotopic (exact) mass is 297 g/mol. The Balaban J connectivity index is 1.80. The molecule has 1 aromatic carbocycles. The van der Waals surface area contributed by atoms with Crippen LogP contribution in [0.5, 0.6) is 0 Å². The molecule has 2 aromatic rings. The Morgan fingerprint density at radius 3 is 2.41 bits per heavy atom. The minimum atomic E-state index is 0.831. The van der Waals surface area contributed by atoms with E-state index in [-0.39, 0.29) is 0 Å². The summed E-state index contributed by atoms with van der Waals surface area (Å²) < 4.78 is 2.39. The fraction of sp³-hybridized carbons (Fsp3) is 0.500. The van der Waals surface area contributed by atoms with Gasteiger partial charge in [0, 0.05) is 6.20 Å². The molecule has 1 aliphatic rings. The lowest BCUT2D eigenvalue weighted by molar-refractivity contribution is -0.707. The van der Waals surface area contributed by atoms with Crippen LogP contribution >= 0.6 is 0 Å². The van der Waals surface area contributed by atoms with Gasteiger partial charge in [-0.15, -0.1) is 0 Å². The standard InChI is InChI=1S/C20H28N2/c1-15-12-16(2)20(17(3)13-15)22-11-7-10-19(22)14-21-18-8-5-4-6-9-18/h7,10-13,18,21H,4-6,8-9,14H2,1-3H3/p+1. The van der Waals surface area contributed by atoms with Crippen LogP contribution in [0.1, 0.15) is 54.5 Å². The highest BCUT2D eigenvalue weighted by Crippen LogP contribution is 2.23. The van der Waals surface area contributed by atoms with Crippen LogP contribution in [0.4, 0.5) is 0 Å². The van der Waals surface area contributed by atoms with E-state index in [1.807, 2.05) is 0 Å². The van der Waals surface area contributed by atoms with Gasteiger partial charge in [0.25, 0.3) is 0 Å². The van der Waals surface area contributed by atoms with Crippen molar-refractivity contribution >= 4 is 0 Å². The van der Waals surface area contributed by atoms with Crippen LogP contribution in [-0.4, -0.2) is 10.6 Å². The smallest absolute Gasteiger partial charge is 0.117 e. The highest BCUT2D eigenvalue weighted by atomic mass is 15.0. The number of nitrogens with two attached hydrogens (primary N) is 1. The molecule has 118 valence electrons. The molecule has 0 aliphatic heterocycles. The molecule has 0 unspecified atom stereocenters. The second-order valence-corrected chi connectivity index (χ2v) is 6.95. The van der Waals surface area contributed by atoms with E-state index in [1.165, 1.54) is 60.2 Å². The van der Waals surface area contributed by atoms with E-state index in [0.717, 1.165) is 12.6 Å². The summed E-state index contributed by atoms with van der Waals surface area (Å²) in [7, 11) is 0. The summed E-state index contributed by atoms with van der Waals surface area (Å²) in [6, 6.07) is 9.87. The highest BCUT2D eigenvalue weighted by Gasteiger charge is 2.17. The lowest BCUT2D eigenvalue weighted by atomic mass is 9.95. The topological polar surface area (TPSA) is 21.5 Å². The van der Waals surface area contributed by atoms with Gasteiger partial charge in [-0.1, -0.05) is 24.1 Å². The molecule has 0 amide bonds. The van der Waals surface area contributed by atoms with Gasteiger partial charge in [-0.25, -0.2) is 0 Å². The van der Waals surface area contributed by atoms with Gasteiger partial charge in [0.15, 0.2) is 0 Å². The number of rotatable bonds is 4. The third-order valence-corrected chi connectivity index (χ3v) is 5.02. The highest BCUT2D eigenvalue weighted by molar-refractivity contribution is 5.50. The first-order valence-corrected chi connectivity index (χ1v) is 8.73. The number of benzene rings is 1. The molecule has 0 atom stereocenters. The number of hydrogen-bond acceptors (Lipinski definition) is 0. The Labute approximate surface area is 134 Å². The fourth-order valence-corrected chi connectivity index (χ4v) is 4.01. The quantitative estimate of drug-likeness (QED) is 0.886. The maximum absolute atomic E-state index is 2.56. The molecule has 1 saturated carbocycles. The Morgan fingerprint density at radius 2 is 1.73 bits per heavy atom. The van der Waals surface area contributed by atoms with Crippen molar-refractivity contribution in [2.45, 2.75) is 65.5 Å². The number of nitrogens with zero attached hydrogens (tertiary/aromatic N) is 1. The number of aromatic nitrogens is 1. The maximum atomic E-state index is 2.56. The predicted octanol–water partition coefficient (Wildman–Crippen LogP) is 3.80. The molecule has 0 bridgehead atoms. The summed E-state index contributed by atoms with van der Waals surface area (Å²) in [4.78, 5) is 0. The number of aryl methyl sites for hydroxylation is 3. The van der Waals surface area contributed by atoms with E-state index in [0.29, 0.717) is 0 Å². The minimum Gasteiger partial charge on any atom is -0.339 e. The third-order valence-electron chi connectivity index (χ3n) is 5.02. The molecular formula is C20H29N2+. The van der Waals surface area contributed by atoms with Crippen LogP contribution in [0.15, 0.2) is 30.5 Å². The summed E-state index contributed by atoms with van der Waals surface area (Å²) in [6.45, 7) is 7.72. The first kappa shape index (κ1) is 15.4. The van der Waals surface area contributed by atoms with Crippen LogP contribution in [0.25, 0.3) is 5.69 Å². The van der Waals surface area contributed by atoms with Gasteiger partial charge in [0.05, 0.1) is 17.4 Å². The lowest BCUT2D eigenvalue weighted by Gasteiger charge is -2.21. The van der Waals surface area contributed by atoms with Crippen molar-refractivity contribution in [3.63, 3.8) is 0 Å². The van der Waals surface area contributed by atoms with Crippen LogP contribution in [0, 0.1) is 20.8 Å². The van der Waals surface area contributed by atoms with Gasteiger partial charge < -0.3 is 9.88 Å². The summed E-state index contributed by atoms with van der Waals surface area (Å²) in [5, 5.41) is 2.56. The molecule has 2 heteroatoms. The van der Waals surface area contributed by atoms with Crippen molar-refractivity contribution in [2.24, 2.45) is 0 Å². The van der Waals surface area contributed by atoms with Crippen LogP contribution < -0.4 is 5.32 Å². The molecular weight excluding hydrogens is 268 g/mol. The molecule has 3 rings (SSSR count). The maximum Gasteiger partial charge on any atom is 0.117 e. The third kappa shape index (κ3) is 3.27. The van der Waals surface area contributed by atoms with E-state index >= 15 is 0 Å². The molecule has 22 heavy (non-hydrogen) atoms. The molecule has 0 saturated heterocycles. The lowest BCUT2D eigenvalue weighted by Crippen LogP contribution is -2.88. The Hall–Kier alpha value is -1.54. The van der Waals surface area contributed by atoms with E-state index in [9.17, 15) is 0 Å². The second kappa shape index (κ2) is 6.70. The minimum absolute atomic E-state index is 0.831. The first-order chi connectivity index (χ1) is 10.6. The Morgan fingerprint density at radius 1 is 1.05 bits per heavy atom. The summed E-state index contributed by atoms with van der Waals surface area (Å²) >= 11 is 0. The zero-order chi connectivity index (χ0) is 15.5. The van der Waals surface area contributed by atoms with Gasteiger partial charge in [-0.05, 0) is 69.7 Å². The SMILES string of the molecule is Cc1cc(C)c(-n2cccc2C[NH2+]C2CCCCC2)c(C)c1. The van der Waals surface area contributed by atoms with Crippen molar-refractivity contribution < 1.29 is 5.32 Å². The Kier molecular flexibility index (Phi) is 4.68. The van der Waals surface area contributed by atoms with E-state index in [1.54, 1.807) is 0 Å². The Bertz CT molecular complexity index is 610. The van der Waals surface area contributed by atoms with Gasteiger partial charge >= 0.3 is 0 Å². The zero-order valence-corrected chi connectivity index (χ0v) is 14.2. The van der Waals surface area contributed by atoms with Crippen LogP contribution in [0.3, 0.4) is 0 Å². The molecule has 1 fully saturated rings. The fourth-order valence-electron chi connectivity index (χ4n) is 4.01. The zero-order valence-electron chi connectivity index (χ0n) is 14.2. The first-order valence-electron chi connectivity index (χ1n) is 8.73. The van der Waals surface area contributed by atoms with Gasteiger partial charge in [0.1, 0.15) is 6.54 Å². The predicted molar refractivity (Wildman–Crippen MR) is 92.5 cm³/mol. The van der Waals surface area contributed by atoms with Crippen molar-refractivity contribution in [2.75, 3.05) is 0 Å². The van der Waals surface area contributed by atoms with Crippen LogP contribution in [-0.2, 0) is 6.54 Å². The van der Waals surface area contributed by atoms with Crippen molar-refractivity contribution in [3.8, 4) is 5.69 Å². The molecule has 1 heterocycles. The van der Waals surface area contributed by atoms with Gasteiger partial charge in [-0.2, -0.15) is 0 Å². The summed E-state index contributed by atoms with van der Waals surface area (Å²) in [6.07, 6.45) is 9.26. The van der Waals surface area contributed by atoms with E-state index < -0.39 is 0 Å². The summed E-state index contributed by atoms with van der Waals surface area (Å²) in [5.74, 6) is 0. The average Bonchev–Trinajstić information content (AvgIpc) is 2.93. The molecule has 0 radical (unpaired) electrons. The molecule has 2 nitrogen and oxygen atoms in total. The molecule has 1 aliphatic carbocycles. The van der Waals surface area contributed by atoms with Gasteiger partial charge in [0.2, 0.25) is 0 Å². The van der Waals surface area contributed by atoms with E-state index in [2.05, 4.69) is 61.1 Å². The second-order valence-electron chi connectivity index (χ2n) is 6.95. The largest absolute Gasteiger partial charge is 0.339 e. The molecule has 0 spiro atoms. The summed E-state index contributed by atoms with van der Waals surface area (Å²) in [5.41, 5.74) is 6.87. The van der Waals surface area contributed by atoms with Crippen molar-refractivity contribution in [3.05, 3.63) is 52.8 Å².